The van der Waals surface area contributed by atoms with Crippen LogP contribution in [0.4, 0.5) is 0 Å². The number of hydrogen-bond donors (Lipinski definition) is 1. The molecule has 0 aliphatic heterocycles. The Labute approximate surface area is 143 Å². The van der Waals surface area contributed by atoms with E-state index in [1.807, 2.05) is 42.0 Å². The van der Waals surface area contributed by atoms with Gasteiger partial charge in [-0.1, -0.05) is 6.07 Å². The molecular weight excluding hydrogens is 324 g/mol. The molecule has 24 heavy (non-hydrogen) atoms. The Bertz CT molecular complexity index is 832. The van der Waals surface area contributed by atoms with Crippen molar-refractivity contribution in [3.63, 3.8) is 0 Å². The first-order valence-electron chi connectivity index (χ1n) is 7.57. The first kappa shape index (κ1) is 16.4. The highest BCUT2D eigenvalue weighted by Gasteiger charge is 2.21. The molecule has 0 aliphatic carbocycles. The Balaban J connectivity index is 1.86. The van der Waals surface area contributed by atoms with E-state index in [0.29, 0.717) is 11.5 Å². The number of hydrogen-bond acceptors (Lipinski definition) is 6. The van der Waals surface area contributed by atoms with Crippen molar-refractivity contribution in [2.24, 2.45) is 0 Å². The van der Waals surface area contributed by atoms with Crippen LogP contribution >= 0.6 is 11.8 Å². The minimum atomic E-state index is -0.263. The standard InChI is InChI=1S/C16H18N6OS/c1-11-9-18-13(10-17-11)16(23)19-12(6-8-24-2)15-21-20-14-5-3-4-7-22(14)15/h3-5,7,9-10,12H,6,8H2,1-2H3,(H,19,23). The number of carbonyl (C=O) groups is 1. The van der Waals surface area contributed by atoms with E-state index in [-0.39, 0.29) is 11.9 Å². The summed E-state index contributed by atoms with van der Waals surface area (Å²) >= 11 is 1.72. The van der Waals surface area contributed by atoms with E-state index in [2.05, 4.69) is 25.5 Å². The zero-order valence-corrected chi connectivity index (χ0v) is 14.3. The van der Waals surface area contributed by atoms with Crippen LogP contribution in [0.15, 0.2) is 36.8 Å². The van der Waals surface area contributed by atoms with Crippen LogP contribution in [0.25, 0.3) is 5.65 Å². The molecule has 0 fully saturated rings. The second-order valence-corrected chi connectivity index (χ2v) is 6.32. The normalized spacial score (nSPS) is 12.2. The number of nitrogens with zero attached hydrogens (tertiary/aromatic N) is 5. The Morgan fingerprint density at radius 2 is 2.17 bits per heavy atom. The lowest BCUT2D eigenvalue weighted by Crippen LogP contribution is -2.31. The van der Waals surface area contributed by atoms with Crippen LogP contribution < -0.4 is 5.32 Å². The molecule has 1 atom stereocenters. The van der Waals surface area contributed by atoms with Crippen molar-refractivity contribution in [3.05, 3.63) is 54.0 Å². The first-order valence-corrected chi connectivity index (χ1v) is 8.96. The fourth-order valence-electron chi connectivity index (χ4n) is 2.34. The second kappa shape index (κ2) is 7.39. The molecule has 8 heteroatoms. The third kappa shape index (κ3) is 3.53. The van der Waals surface area contributed by atoms with Crippen molar-refractivity contribution in [2.45, 2.75) is 19.4 Å². The number of nitrogens with one attached hydrogen (secondary N) is 1. The molecule has 3 aromatic rings. The van der Waals surface area contributed by atoms with Gasteiger partial charge in [-0.3, -0.25) is 14.2 Å². The molecule has 0 aliphatic rings. The van der Waals surface area contributed by atoms with E-state index >= 15 is 0 Å². The predicted octanol–water partition coefficient (Wildman–Crippen LogP) is 2.05. The van der Waals surface area contributed by atoms with Crippen LogP contribution in [0, 0.1) is 6.92 Å². The summed E-state index contributed by atoms with van der Waals surface area (Å²) in [5.41, 5.74) is 1.82. The molecule has 1 unspecified atom stereocenters. The van der Waals surface area contributed by atoms with Gasteiger partial charge in [-0.2, -0.15) is 11.8 Å². The summed E-state index contributed by atoms with van der Waals surface area (Å²) in [6.07, 6.45) is 7.75. The van der Waals surface area contributed by atoms with Crippen LogP contribution in [0.2, 0.25) is 0 Å². The lowest BCUT2D eigenvalue weighted by molar-refractivity contribution is 0.0928. The van der Waals surface area contributed by atoms with Crippen LogP contribution in [0.3, 0.4) is 0 Å². The van der Waals surface area contributed by atoms with Gasteiger partial charge in [-0.05, 0) is 37.5 Å². The number of fused-ring (bicyclic) bond motifs is 1. The highest BCUT2D eigenvalue weighted by Crippen LogP contribution is 2.18. The summed E-state index contributed by atoms with van der Waals surface area (Å²) in [6.45, 7) is 1.83. The number of carbonyl (C=O) groups excluding carboxylic acids is 1. The summed E-state index contributed by atoms with van der Waals surface area (Å²) in [4.78, 5) is 20.7. The van der Waals surface area contributed by atoms with Crippen molar-refractivity contribution >= 4 is 23.3 Å². The number of thioether (sulfide) groups is 1. The average Bonchev–Trinajstić information content (AvgIpc) is 3.03. The molecule has 124 valence electrons. The van der Waals surface area contributed by atoms with Gasteiger partial charge in [0.1, 0.15) is 5.69 Å². The highest BCUT2D eigenvalue weighted by atomic mass is 32.2. The molecule has 3 rings (SSSR count). The van der Waals surface area contributed by atoms with E-state index < -0.39 is 0 Å². The van der Waals surface area contributed by atoms with Crippen molar-refractivity contribution in [3.8, 4) is 0 Å². The molecule has 0 radical (unpaired) electrons. The Morgan fingerprint density at radius 1 is 1.29 bits per heavy atom. The molecule has 1 N–H and O–H groups in total. The molecule has 7 nitrogen and oxygen atoms in total. The minimum Gasteiger partial charge on any atom is -0.341 e. The summed E-state index contributed by atoms with van der Waals surface area (Å²) in [5, 5.41) is 11.4. The number of pyridine rings is 1. The highest BCUT2D eigenvalue weighted by molar-refractivity contribution is 7.98. The molecule has 0 spiro atoms. The molecule has 3 aromatic heterocycles. The molecule has 1 amide bonds. The van der Waals surface area contributed by atoms with Crippen LogP contribution in [-0.2, 0) is 0 Å². The number of amides is 1. The van der Waals surface area contributed by atoms with Crippen LogP contribution in [-0.4, -0.2) is 42.5 Å². The van der Waals surface area contributed by atoms with Crippen LogP contribution in [0.5, 0.6) is 0 Å². The summed E-state index contributed by atoms with van der Waals surface area (Å²) in [6, 6.07) is 5.46. The SMILES string of the molecule is CSCCC(NC(=O)c1cnc(C)cn1)c1nnc2ccccn12. The quantitative estimate of drug-likeness (QED) is 0.738. The van der Waals surface area contributed by atoms with E-state index in [0.717, 1.165) is 23.5 Å². The second-order valence-electron chi connectivity index (χ2n) is 5.34. The maximum absolute atomic E-state index is 12.5. The summed E-state index contributed by atoms with van der Waals surface area (Å²) < 4.78 is 1.89. The lowest BCUT2D eigenvalue weighted by atomic mass is 10.2. The first-order chi connectivity index (χ1) is 11.7. The molecular formula is C16H18N6OS. The van der Waals surface area contributed by atoms with Crippen molar-refractivity contribution in [1.29, 1.82) is 0 Å². The Morgan fingerprint density at radius 3 is 2.92 bits per heavy atom. The van der Waals surface area contributed by atoms with Crippen molar-refractivity contribution in [1.82, 2.24) is 29.9 Å². The minimum absolute atomic E-state index is 0.245. The van der Waals surface area contributed by atoms with Gasteiger partial charge in [0, 0.05) is 12.4 Å². The smallest absolute Gasteiger partial charge is 0.272 e. The third-order valence-corrected chi connectivity index (χ3v) is 4.23. The lowest BCUT2D eigenvalue weighted by Gasteiger charge is -2.16. The average molecular weight is 342 g/mol. The maximum Gasteiger partial charge on any atom is 0.272 e. The topological polar surface area (TPSA) is 85.1 Å². The predicted molar refractivity (Wildman–Crippen MR) is 93.0 cm³/mol. The largest absolute Gasteiger partial charge is 0.341 e. The van der Waals surface area contributed by atoms with Gasteiger partial charge in [0.2, 0.25) is 0 Å². The molecule has 0 saturated heterocycles. The molecule has 0 saturated carbocycles. The van der Waals surface area contributed by atoms with Gasteiger partial charge in [-0.15, -0.1) is 10.2 Å². The van der Waals surface area contributed by atoms with Crippen LogP contribution in [0.1, 0.15) is 34.5 Å². The number of rotatable bonds is 6. The summed E-state index contributed by atoms with van der Waals surface area (Å²) in [7, 11) is 0. The van der Waals surface area contributed by atoms with Gasteiger partial charge >= 0.3 is 0 Å². The number of aryl methyl sites for hydroxylation is 1. The van der Waals surface area contributed by atoms with E-state index in [4.69, 9.17) is 0 Å². The fourth-order valence-corrected chi connectivity index (χ4v) is 2.81. The molecule has 0 aromatic carbocycles. The van der Waals surface area contributed by atoms with E-state index in [9.17, 15) is 4.79 Å². The summed E-state index contributed by atoms with van der Waals surface area (Å²) in [5.74, 6) is 1.35. The van der Waals surface area contributed by atoms with Gasteiger partial charge in [0.25, 0.3) is 5.91 Å². The van der Waals surface area contributed by atoms with E-state index in [1.54, 1.807) is 18.0 Å². The zero-order chi connectivity index (χ0) is 16.9. The van der Waals surface area contributed by atoms with Crippen molar-refractivity contribution < 1.29 is 4.79 Å². The number of aromatic nitrogens is 5. The van der Waals surface area contributed by atoms with Gasteiger partial charge in [0.15, 0.2) is 11.5 Å². The van der Waals surface area contributed by atoms with Gasteiger partial charge < -0.3 is 5.32 Å². The third-order valence-electron chi connectivity index (χ3n) is 3.58. The Kier molecular flexibility index (Phi) is 5.05. The maximum atomic E-state index is 12.5. The molecule has 0 bridgehead atoms. The zero-order valence-electron chi connectivity index (χ0n) is 13.5. The molecule has 3 heterocycles. The Hall–Kier alpha value is -2.48. The van der Waals surface area contributed by atoms with Crippen molar-refractivity contribution in [2.75, 3.05) is 12.0 Å². The van der Waals surface area contributed by atoms with Gasteiger partial charge in [-0.25, -0.2) is 4.98 Å². The fraction of sp³-hybridized carbons (Fsp3) is 0.312. The monoisotopic (exact) mass is 342 g/mol. The van der Waals surface area contributed by atoms with E-state index in [1.165, 1.54) is 6.20 Å². The van der Waals surface area contributed by atoms with Gasteiger partial charge in [0.05, 0.1) is 17.9 Å².